The van der Waals surface area contributed by atoms with E-state index in [1.807, 2.05) is 37.3 Å². The second-order valence-corrected chi connectivity index (χ2v) is 8.89. The molecule has 0 aromatic heterocycles. The third kappa shape index (κ3) is 10.2. The van der Waals surface area contributed by atoms with Gasteiger partial charge in [0.15, 0.2) is 15.8 Å². The zero-order chi connectivity index (χ0) is 21.1. The van der Waals surface area contributed by atoms with Gasteiger partial charge in [-0.3, -0.25) is 0 Å². The van der Waals surface area contributed by atoms with Gasteiger partial charge in [0, 0.05) is 31.6 Å². The average molecular weight is 548 g/mol. The van der Waals surface area contributed by atoms with Crippen molar-refractivity contribution in [2.75, 3.05) is 31.2 Å². The number of aliphatic imine (C=N–C) groups is 1. The van der Waals surface area contributed by atoms with Crippen LogP contribution in [0.2, 0.25) is 0 Å². The Balaban J connectivity index is 0.00000450. The van der Waals surface area contributed by atoms with Crippen LogP contribution in [0.5, 0.6) is 0 Å². The molecule has 6 nitrogen and oxygen atoms in total. The van der Waals surface area contributed by atoms with Crippen LogP contribution in [0.25, 0.3) is 0 Å². The largest absolute Gasteiger partial charge is 0.385 e. The number of halogens is 2. The van der Waals surface area contributed by atoms with E-state index in [0.29, 0.717) is 30.2 Å². The molecule has 0 saturated heterocycles. The summed E-state index contributed by atoms with van der Waals surface area (Å²) in [5.74, 6) is 0.0759. The molecule has 0 atom stereocenters. The van der Waals surface area contributed by atoms with E-state index in [-0.39, 0.29) is 36.3 Å². The summed E-state index contributed by atoms with van der Waals surface area (Å²) in [6.45, 7) is 4.38. The number of para-hydroxylation sites is 1. The van der Waals surface area contributed by atoms with Gasteiger partial charge in [-0.2, -0.15) is 0 Å². The number of hydrogen-bond donors (Lipinski definition) is 3. The molecule has 2 rings (SSSR count). The van der Waals surface area contributed by atoms with E-state index >= 15 is 0 Å². The van der Waals surface area contributed by atoms with Crippen LogP contribution in [-0.2, 0) is 22.1 Å². The number of nitrogens with one attached hydrogen (secondary N) is 3. The monoisotopic (exact) mass is 548 g/mol. The van der Waals surface area contributed by atoms with Crippen molar-refractivity contribution < 1.29 is 12.8 Å². The van der Waals surface area contributed by atoms with Crippen LogP contribution in [0.3, 0.4) is 0 Å². The fourth-order valence-electron chi connectivity index (χ4n) is 2.75. The van der Waals surface area contributed by atoms with Gasteiger partial charge < -0.3 is 16.0 Å². The van der Waals surface area contributed by atoms with Crippen LogP contribution < -0.4 is 16.0 Å². The third-order valence-electron chi connectivity index (χ3n) is 4.09. The molecule has 0 radical (unpaired) electrons. The second kappa shape index (κ2) is 13.4. The first-order valence-corrected chi connectivity index (χ1v) is 11.7. The van der Waals surface area contributed by atoms with Crippen molar-refractivity contribution in [1.82, 2.24) is 10.6 Å². The smallest absolute Gasteiger partial charge is 0.191 e. The minimum absolute atomic E-state index is 0. The average Bonchev–Trinajstić information content (AvgIpc) is 2.67. The maximum absolute atomic E-state index is 13.6. The Morgan fingerprint density at radius 2 is 1.77 bits per heavy atom. The van der Waals surface area contributed by atoms with Gasteiger partial charge in [-0.15, -0.1) is 24.0 Å². The second-order valence-electron chi connectivity index (χ2n) is 6.75. The molecule has 166 valence electrons. The summed E-state index contributed by atoms with van der Waals surface area (Å²) in [4.78, 5) is 4.48. The highest BCUT2D eigenvalue weighted by molar-refractivity contribution is 14.0. The van der Waals surface area contributed by atoms with Gasteiger partial charge in [-0.1, -0.05) is 24.3 Å². The number of anilines is 1. The molecule has 0 fully saturated rings. The lowest BCUT2D eigenvalue weighted by Crippen LogP contribution is -2.38. The number of hydrogen-bond acceptors (Lipinski definition) is 4. The standard InChI is InChI=1S/C21H29FN4O2S.HI/c1-3-23-21(25-13-7-12-24-20-8-5-4-6-9-20)26-15-18-14-19(22)11-10-17(18)16-29(2,27)28;/h4-6,8-11,14,24H,3,7,12-13,15-16H2,1-2H3,(H2,23,25,26);1H. The van der Waals surface area contributed by atoms with E-state index in [1.54, 1.807) is 0 Å². The topological polar surface area (TPSA) is 82.6 Å². The number of sulfone groups is 1. The molecule has 0 aliphatic rings. The fraction of sp³-hybridized carbons (Fsp3) is 0.381. The highest BCUT2D eigenvalue weighted by Gasteiger charge is 2.10. The summed E-state index contributed by atoms with van der Waals surface area (Å²) in [5, 5.41) is 9.74. The Kier molecular flexibility index (Phi) is 11.7. The SMILES string of the molecule is CCNC(=NCc1cc(F)ccc1CS(C)(=O)=O)NCCCNc1ccccc1.I. The molecule has 30 heavy (non-hydrogen) atoms. The molecule has 0 aliphatic carbocycles. The van der Waals surface area contributed by atoms with Crippen molar-refractivity contribution in [3.63, 3.8) is 0 Å². The molecule has 0 saturated carbocycles. The van der Waals surface area contributed by atoms with E-state index in [9.17, 15) is 12.8 Å². The summed E-state index contributed by atoms with van der Waals surface area (Å²) >= 11 is 0. The molecule has 2 aromatic carbocycles. The van der Waals surface area contributed by atoms with Gasteiger partial charge in [0.1, 0.15) is 5.82 Å². The normalized spacial score (nSPS) is 11.5. The zero-order valence-corrected chi connectivity index (χ0v) is 20.5. The lowest BCUT2D eigenvalue weighted by molar-refractivity contribution is 0.600. The molecule has 0 heterocycles. The molecule has 0 spiro atoms. The van der Waals surface area contributed by atoms with Crippen LogP contribution >= 0.6 is 24.0 Å². The number of benzene rings is 2. The predicted molar refractivity (Wildman–Crippen MR) is 133 cm³/mol. The minimum Gasteiger partial charge on any atom is -0.385 e. The highest BCUT2D eigenvalue weighted by Crippen LogP contribution is 2.15. The Bertz CT molecular complexity index is 908. The maximum Gasteiger partial charge on any atom is 0.191 e. The molecular weight excluding hydrogens is 518 g/mol. The summed E-state index contributed by atoms with van der Waals surface area (Å²) in [7, 11) is -3.21. The number of guanidine groups is 1. The van der Waals surface area contributed by atoms with Crippen LogP contribution in [0, 0.1) is 5.82 Å². The van der Waals surface area contributed by atoms with Crippen molar-refractivity contribution >= 4 is 45.5 Å². The number of nitrogens with zero attached hydrogens (tertiary/aromatic N) is 1. The summed E-state index contributed by atoms with van der Waals surface area (Å²) in [6, 6.07) is 14.1. The molecule has 0 unspecified atom stereocenters. The van der Waals surface area contributed by atoms with Crippen LogP contribution in [0.1, 0.15) is 24.5 Å². The minimum atomic E-state index is -3.21. The first-order chi connectivity index (χ1) is 13.9. The van der Waals surface area contributed by atoms with E-state index in [4.69, 9.17) is 0 Å². The van der Waals surface area contributed by atoms with Gasteiger partial charge in [-0.05, 0) is 48.7 Å². The van der Waals surface area contributed by atoms with Gasteiger partial charge in [0.25, 0.3) is 0 Å². The maximum atomic E-state index is 13.6. The molecule has 9 heteroatoms. The summed E-state index contributed by atoms with van der Waals surface area (Å²) in [5.41, 5.74) is 2.22. The molecule has 0 aliphatic heterocycles. The van der Waals surface area contributed by atoms with Crippen LogP contribution in [0.15, 0.2) is 53.5 Å². The van der Waals surface area contributed by atoms with Gasteiger partial charge >= 0.3 is 0 Å². The van der Waals surface area contributed by atoms with Gasteiger partial charge in [0.2, 0.25) is 0 Å². The Morgan fingerprint density at radius 3 is 2.43 bits per heavy atom. The van der Waals surface area contributed by atoms with E-state index in [2.05, 4.69) is 20.9 Å². The summed E-state index contributed by atoms with van der Waals surface area (Å²) in [6.07, 6.45) is 2.05. The molecular formula is C21H30FIN4O2S. The Hall–Kier alpha value is -1.88. The third-order valence-corrected chi connectivity index (χ3v) is 4.92. The molecule has 3 N–H and O–H groups in total. The fourth-order valence-corrected chi connectivity index (χ4v) is 3.60. The Labute approximate surface area is 195 Å². The van der Waals surface area contributed by atoms with Crippen molar-refractivity contribution in [3.05, 3.63) is 65.5 Å². The van der Waals surface area contributed by atoms with E-state index in [0.717, 1.165) is 18.7 Å². The van der Waals surface area contributed by atoms with Crippen LogP contribution in [0.4, 0.5) is 10.1 Å². The van der Waals surface area contributed by atoms with E-state index in [1.165, 1.54) is 24.5 Å². The predicted octanol–water partition coefficient (Wildman–Crippen LogP) is 3.55. The van der Waals surface area contributed by atoms with Crippen molar-refractivity contribution in [3.8, 4) is 0 Å². The van der Waals surface area contributed by atoms with Gasteiger partial charge in [-0.25, -0.2) is 17.8 Å². The van der Waals surface area contributed by atoms with Crippen LogP contribution in [-0.4, -0.2) is 40.3 Å². The first-order valence-electron chi connectivity index (χ1n) is 9.63. The van der Waals surface area contributed by atoms with Crippen molar-refractivity contribution in [1.29, 1.82) is 0 Å². The zero-order valence-electron chi connectivity index (χ0n) is 17.3. The van der Waals surface area contributed by atoms with Crippen molar-refractivity contribution in [2.24, 2.45) is 4.99 Å². The Morgan fingerprint density at radius 1 is 1.03 bits per heavy atom. The first kappa shape index (κ1) is 26.2. The lowest BCUT2D eigenvalue weighted by atomic mass is 10.1. The molecule has 2 aromatic rings. The molecule has 0 bridgehead atoms. The lowest BCUT2D eigenvalue weighted by Gasteiger charge is -2.13. The quantitative estimate of drug-likeness (QED) is 0.183. The van der Waals surface area contributed by atoms with E-state index < -0.39 is 15.7 Å². The number of rotatable bonds is 10. The highest BCUT2D eigenvalue weighted by atomic mass is 127. The molecule has 0 amide bonds. The van der Waals surface area contributed by atoms with Crippen molar-refractivity contribution in [2.45, 2.75) is 25.6 Å². The van der Waals surface area contributed by atoms with Gasteiger partial charge in [0.05, 0.1) is 12.3 Å². The summed E-state index contributed by atoms with van der Waals surface area (Å²) < 4.78 is 36.9.